The van der Waals surface area contributed by atoms with Crippen molar-refractivity contribution in [3.05, 3.63) is 52.0 Å². The van der Waals surface area contributed by atoms with Crippen LogP contribution in [0.2, 0.25) is 10.0 Å². The van der Waals surface area contributed by atoms with Gasteiger partial charge in [0.25, 0.3) is 11.8 Å². The van der Waals surface area contributed by atoms with Crippen molar-refractivity contribution in [1.82, 2.24) is 10.6 Å². The zero-order chi connectivity index (χ0) is 20.5. The molecule has 0 aromatic heterocycles. The molecule has 0 aliphatic heterocycles. The van der Waals surface area contributed by atoms with E-state index in [4.69, 9.17) is 37.4 Å². The van der Waals surface area contributed by atoms with Gasteiger partial charge in [0, 0.05) is 13.1 Å². The molecular weight excluding hydrogens is 407 g/mol. The summed E-state index contributed by atoms with van der Waals surface area (Å²) in [7, 11) is 2.92. The van der Waals surface area contributed by atoms with E-state index in [0.717, 1.165) is 0 Å². The first-order valence-corrected chi connectivity index (χ1v) is 9.06. The van der Waals surface area contributed by atoms with E-state index in [1.54, 1.807) is 30.3 Å². The largest absolute Gasteiger partial charge is 0.494 e. The highest BCUT2D eigenvalue weighted by Gasteiger charge is 2.19. The number of amides is 2. The van der Waals surface area contributed by atoms with Gasteiger partial charge in [-0.25, -0.2) is 0 Å². The monoisotopic (exact) mass is 426 g/mol. The number of carbonyl (C=O) groups excluding carboxylic acids is 2. The summed E-state index contributed by atoms with van der Waals surface area (Å²) in [6.07, 6.45) is 0. The molecule has 0 radical (unpaired) electrons. The van der Waals surface area contributed by atoms with Crippen molar-refractivity contribution in [2.24, 2.45) is 0 Å². The van der Waals surface area contributed by atoms with Crippen molar-refractivity contribution in [2.75, 3.05) is 33.9 Å². The van der Waals surface area contributed by atoms with Crippen LogP contribution in [0.25, 0.3) is 0 Å². The number of para-hydroxylation sites is 2. The molecule has 28 heavy (non-hydrogen) atoms. The second-order valence-corrected chi connectivity index (χ2v) is 6.30. The van der Waals surface area contributed by atoms with Crippen LogP contribution in [0.1, 0.15) is 10.4 Å². The fraction of sp³-hybridized carbons (Fsp3) is 0.263. The van der Waals surface area contributed by atoms with Crippen LogP contribution in [0.15, 0.2) is 36.4 Å². The van der Waals surface area contributed by atoms with Crippen molar-refractivity contribution in [2.45, 2.75) is 0 Å². The average Bonchev–Trinajstić information content (AvgIpc) is 2.71. The van der Waals surface area contributed by atoms with Gasteiger partial charge in [0.2, 0.25) is 0 Å². The molecule has 0 saturated heterocycles. The molecule has 150 valence electrons. The summed E-state index contributed by atoms with van der Waals surface area (Å²) < 4.78 is 15.7. The number of methoxy groups -OCH3 is 2. The normalized spacial score (nSPS) is 10.1. The number of halogens is 2. The van der Waals surface area contributed by atoms with Crippen LogP contribution in [-0.2, 0) is 4.79 Å². The molecule has 0 aliphatic rings. The van der Waals surface area contributed by atoms with Gasteiger partial charge in [-0.1, -0.05) is 35.3 Å². The molecule has 0 aliphatic carbocycles. The minimum Gasteiger partial charge on any atom is -0.494 e. The highest BCUT2D eigenvalue weighted by atomic mass is 35.5. The Bertz CT molecular complexity index is 845. The molecule has 9 heteroatoms. The van der Waals surface area contributed by atoms with Gasteiger partial charge in [-0.15, -0.1) is 0 Å². The van der Waals surface area contributed by atoms with Crippen LogP contribution in [-0.4, -0.2) is 45.7 Å². The lowest BCUT2D eigenvalue weighted by atomic mass is 10.2. The van der Waals surface area contributed by atoms with Crippen molar-refractivity contribution in [3.8, 4) is 17.2 Å². The third-order valence-corrected chi connectivity index (χ3v) is 4.26. The lowest BCUT2D eigenvalue weighted by Crippen LogP contribution is -2.37. The van der Waals surface area contributed by atoms with Crippen molar-refractivity contribution in [3.63, 3.8) is 0 Å². The maximum Gasteiger partial charge on any atom is 0.258 e. The molecular formula is C19H20Cl2N2O5. The molecule has 0 saturated carbocycles. The SMILES string of the molecule is COc1ccccc1OCC(=O)NCCNC(=O)c1c(Cl)ccc(Cl)c1OC. The Morgan fingerprint density at radius 3 is 2.21 bits per heavy atom. The average molecular weight is 427 g/mol. The smallest absolute Gasteiger partial charge is 0.258 e. The van der Waals surface area contributed by atoms with Gasteiger partial charge >= 0.3 is 0 Å². The highest BCUT2D eigenvalue weighted by Crippen LogP contribution is 2.33. The lowest BCUT2D eigenvalue weighted by Gasteiger charge is -2.13. The van der Waals surface area contributed by atoms with Gasteiger partial charge < -0.3 is 24.8 Å². The van der Waals surface area contributed by atoms with E-state index >= 15 is 0 Å². The predicted octanol–water partition coefficient (Wildman–Crippen LogP) is 2.94. The number of hydrogen-bond acceptors (Lipinski definition) is 5. The number of ether oxygens (including phenoxy) is 3. The van der Waals surface area contributed by atoms with Crippen LogP contribution in [0, 0.1) is 0 Å². The van der Waals surface area contributed by atoms with E-state index in [0.29, 0.717) is 11.5 Å². The van der Waals surface area contributed by atoms with Crippen LogP contribution < -0.4 is 24.8 Å². The van der Waals surface area contributed by atoms with E-state index in [-0.39, 0.29) is 47.0 Å². The van der Waals surface area contributed by atoms with Crippen molar-refractivity contribution in [1.29, 1.82) is 0 Å². The molecule has 2 aromatic rings. The van der Waals surface area contributed by atoms with Crippen LogP contribution >= 0.6 is 23.2 Å². The van der Waals surface area contributed by atoms with Gasteiger partial charge in [-0.05, 0) is 24.3 Å². The minimum atomic E-state index is -0.455. The minimum absolute atomic E-state index is 0.141. The first-order valence-electron chi connectivity index (χ1n) is 8.30. The molecule has 0 bridgehead atoms. The number of hydrogen-bond donors (Lipinski definition) is 2. The van der Waals surface area contributed by atoms with Crippen molar-refractivity contribution < 1.29 is 23.8 Å². The maximum atomic E-state index is 12.3. The standard InChI is InChI=1S/C19H20Cl2N2O5/c1-26-14-5-3-4-6-15(14)28-11-16(24)22-9-10-23-19(25)17-12(20)7-8-13(21)18(17)27-2/h3-8H,9-11H2,1-2H3,(H,22,24)(H,23,25). The molecule has 0 atom stereocenters. The predicted molar refractivity (Wildman–Crippen MR) is 107 cm³/mol. The first-order chi connectivity index (χ1) is 13.5. The summed E-state index contributed by atoms with van der Waals surface area (Å²) >= 11 is 12.1. The second-order valence-electron chi connectivity index (χ2n) is 5.48. The van der Waals surface area contributed by atoms with E-state index in [9.17, 15) is 9.59 Å². The molecule has 2 rings (SSSR count). The third-order valence-electron chi connectivity index (χ3n) is 3.65. The number of rotatable bonds is 9. The molecule has 0 unspecified atom stereocenters. The summed E-state index contributed by atoms with van der Waals surface area (Å²) in [6, 6.07) is 10.1. The van der Waals surface area contributed by atoms with Crippen LogP contribution in [0.4, 0.5) is 0 Å². The number of nitrogens with one attached hydrogen (secondary N) is 2. The Morgan fingerprint density at radius 2 is 1.54 bits per heavy atom. The van der Waals surface area contributed by atoms with E-state index in [2.05, 4.69) is 10.6 Å². The Kier molecular flexibility index (Phi) is 8.22. The van der Waals surface area contributed by atoms with Crippen molar-refractivity contribution >= 4 is 35.0 Å². The number of carbonyl (C=O) groups is 2. The zero-order valence-electron chi connectivity index (χ0n) is 15.4. The summed E-state index contributed by atoms with van der Waals surface area (Å²) in [5.74, 6) is 0.411. The molecule has 0 fully saturated rings. The summed E-state index contributed by atoms with van der Waals surface area (Å²) in [6.45, 7) is 0.216. The van der Waals surface area contributed by atoms with E-state index < -0.39 is 5.91 Å². The summed E-state index contributed by atoms with van der Waals surface area (Å²) in [5.41, 5.74) is 0.141. The third kappa shape index (κ3) is 5.68. The Labute approximate surface area is 172 Å². The molecule has 7 nitrogen and oxygen atoms in total. The van der Waals surface area contributed by atoms with Gasteiger partial charge in [0.05, 0.1) is 24.3 Å². The van der Waals surface area contributed by atoms with Gasteiger partial charge in [-0.2, -0.15) is 0 Å². The zero-order valence-corrected chi connectivity index (χ0v) is 16.9. The number of benzene rings is 2. The van der Waals surface area contributed by atoms with Crippen LogP contribution in [0.3, 0.4) is 0 Å². The fourth-order valence-electron chi connectivity index (χ4n) is 2.34. The molecule has 2 N–H and O–H groups in total. The van der Waals surface area contributed by atoms with Gasteiger partial charge in [0.15, 0.2) is 23.9 Å². The Hall–Kier alpha value is -2.64. The first kappa shape index (κ1) is 21.7. The Morgan fingerprint density at radius 1 is 0.893 bits per heavy atom. The van der Waals surface area contributed by atoms with Gasteiger partial charge in [-0.3, -0.25) is 9.59 Å². The fourth-order valence-corrected chi connectivity index (χ4v) is 2.81. The molecule has 0 heterocycles. The van der Waals surface area contributed by atoms with Crippen LogP contribution in [0.5, 0.6) is 17.2 Å². The van der Waals surface area contributed by atoms with E-state index in [1.165, 1.54) is 20.3 Å². The van der Waals surface area contributed by atoms with Gasteiger partial charge in [0.1, 0.15) is 5.56 Å². The Balaban J connectivity index is 1.79. The molecule has 2 aromatic carbocycles. The quantitative estimate of drug-likeness (QED) is 0.602. The molecule has 2 amide bonds. The summed E-state index contributed by atoms with van der Waals surface area (Å²) in [5, 5.41) is 5.79. The van der Waals surface area contributed by atoms with E-state index in [1.807, 2.05) is 0 Å². The summed E-state index contributed by atoms with van der Waals surface area (Å²) in [4.78, 5) is 24.2. The highest BCUT2D eigenvalue weighted by molar-refractivity contribution is 6.37. The maximum absolute atomic E-state index is 12.3. The molecule has 0 spiro atoms. The lowest BCUT2D eigenvalue weighted by molar-refractivity contribution is -0.123. The second kappa shape index (κ2) is 10.6. The topological polar surface area (TPSA) is 85.9 Å².